The summed E-state index contributed by atoms with van der Waals surface area (Å²) in [5.74, 6) is -0.101. The highest BCUT2D eigenvalue weighted by Gasteiger charge is 2.27. The molecule has 8 heteroatoms. The summed E-state index contributed by atoms with van der Waals surface area (Å²) in [5.41, 5.74) is 1.07. The number of carbonyl (C=O) groups is 1. The van der Waals surface area contributed by atoms with Crippen molar-refractivity contribution in [1.29, 1.82) is 0 Å². The molecule has 0 bridgehead atoms. The highest BCUT2D eigenvalue weighted by molar-refractivity contribution is 7.89. The predicted octanol–water partition coefficient (Wildman–Crippen LogP) is 3.65. The summed E-state index contributed by atoms with van der Waals surface area (Å²) in [6.07, 6.45) is 0. The van der Waals surface area contributed by atoms with Crippen LogP contribution in [0.2, 0.25) is 5.02 Å². The molecule has 0 radical (unpaired) electrons. The van der Waals surface area contributed by atoms with E-state index in [-0.39, 0.29) is 22.1 Å². The lowest BCUT2D eigenvalue weighted by molar-refractivity contribution is 0.0785. The fourth-order valence-electron chi connectivity index (χ4n) is 2.89. The number of methoxy groups -OCH3 is 1. The smallest absolute Gasteiger partial charge is 0.253 e. The van der Waals surface area contributed by atoms with Gasteiger partial charge in [0.2, 0.25) is 10.0 Å². The van der Waals surface area contributed by atoms with Gasteiger partial charge in [0.1, 0.15) is 10.6 Å². The van der Waals surface area contributed by atoms with Crippen LogP contribution in [0.15, 0.2) is 47.4 Å². The molecule has 0 heterocycles. The minimum atomic E-state index is -3.77. The SMILES string of the molecule is CCN(CC)S(=O)(=O)c1cc(C(=O)N(C)Cc2ccccc2Cl)ccc1OC. The first-order chi connectivity index (χ1) is 13.3. The molecule has 2 aromatic rings. The molecule has 0 aromatic heterocycles. The second kappa shape index (κ2) is 9.41. The van der Waals surface area contributed by atoms with Crippen molar-refractivity contribution in [1.82, 2.24) is 9.21 Å². The minimum Gasteiger partial charge on any atom is -0.495 e. The van der Waals surface area contributed by atoms with Gasteiger partial charge in [-0.1, -0.05) is 43.6 Å². The van der Waals surface area contributed by atoms with Gasteiger partial charge in [-0.3, -0.25) is 4.79 Å². The molecule has 2 rings (SSSR count). The van der Waals surface area contributed by atoms with Crippen LogP contribution in [0, 0.1) is 0 Å². The van der Waals surface area contributed by atoms with E-state index >= 15 is 0 Å². The molecule has 0 aliphatic heterocycles. The zero-order valence-corrected chi connectivity index (χ0v) is 18.0. The van der Waals surface area contributed by atoms with E-state index in [1.54, 1.807) is 33.0 Å². The van der Waals surface area contributed by atoms with Crippen molar-refractivity contribution in [3.05, 3.63) is 58.6 Å². The number of rotatable bonds is 8. The van der Waals surface area contributed by atoms with Gasteiger partial charge in [0.25, 0.3) is 5.91 Å². The van der Waals surface area contributed by atoms with Crippen molar-refractivity contribution in [2.75, 3.05) is 27.2 Å². The molecule has 0 saturated carbocycles. The largest absolute Gasteiger partial charge is 0.495 e. The standard InChI is InChI=1S/C20H25ClN2O4S/c1-5-23(6-2)28(25,26)19-13-15(11-12-18(19)27-4)20(24)22(3)14-16-9-7-8-10-17(16)21/h7-13H,5-6,14H2,1-4H3. The molecule has 0 spiro atoms. The zero-order chi connectivity index (χ0) is 20.9. The average molecular weight is 425 g/mol. The molecule has 0 fully saturated rings. The first-order valence-electron chi connectivity index (χ1n) is 8.93. The summed E-state index contributed by atoms with van der Waals surface area (Å²) in [6.45, 7) is 4.49. The summed E-state index contributed by atoms with van der Waals surface area (Å²) in [4.78, 5) is 14.4. The number of hydrogen-bond acceptors (Lipinski definition) is 4. The number of nitrogens with zero attached hydrogens (tertiary/aromatic N) is 2. The molecule has 6 nitrogen and oxygen atoms in total. The average Bonchev–Trinajstić information content (AvgIpc) is 2.69. The lowest BCUT2D eigenvalue weighted by Gasteiger charge is -2.22. The minimum absolute atomic E-state index is 0.0179. The first kappa shape index (κ1) is 22.2. The Kier molecular flexibility index (Phi) is 7.46. The van der Waals surface area contributed by atoms with Crippen LogP contribution in [0.3, 0.4) is 0 Å². The topological polar surface area (TPSA) is 66.9 Å². The fraction of sp³-hybridized carbons (Fsp3) is 0.350. The predicted molar refractivity (Wildman–Crippen MR) is 110 cm³/mol. The van der Waals surface area contributed by atoms with Crippen LogP contribution in [-0.2, 0) is 16.6 Å². The molecule has 0 saturated heterocycles. The van der Waals surface area contributed by atoms with Gasteiger partial charge < -0.3 is 9.64 Å². The number of benzene rings is 2. The van der Waals surface area contributed by atoms with Crippen molar-refractivity contribution in [2.24, 2.45) is 0 Å². The third-order valence-corrected chi connectivity index (χ3v) is 6.89. The maximum absolute atomic E-state index is 13.0. The van der Waals surface area contributed by atoms with E-state index in [4.69, 9.17) is 16.3 Å². The Morgan fingerprint density at radius 3 is 2.32 bits per heavy atom. The van der Waals surface area contributed by atoms with Crippen LogP contribution in [0.5, 0.6) is 5.75 Å². The Labute approximate surface area is 171 Å². The van der Waals surface area contributed by atoms with E-state index in [9.17, 15) is 13.2 Å². The van der Waals surface area contributed by atoms with E-state index in [2.05, 4.69) is 0 Å². The first-order valence-corrected chi connectivity index (χ1v) is 10.7. The summed E-state index contributed by atoms with van der Waals surface area (Å²) in [6, 6.07) is 11.7. The third-order valence-electron chi connectivity index (χ3n) is 4.45. The van der Waals surface area contributed by atoms with Crippen LogP contribution in [0.4, 0.5) is 0 Å². The molecule has 2 aromatic carbocycles. The molecule has 0 N–H and O–H groups in total. The second-order valence-corrected chi connectivity index (χ2v) is 8.52. The Bertz CT molecular complexity index is 943. The Balaban J connectivity index is 2.39. The normalized spacial score (nSPS) is 11.5. The third kappa shape index (κ3) is 4.66. The van der Waals surface area contributed by atoms with Crippen molar-refractivity contribution in [3.8, 4) is 5.75 Å². The van der Waals surface area contributed by atoms with Crippen LogP contribution in [0.1, 0.15) is 29.8 Å². The lowest BCUT2D eigenvalue weighted by Crippen LogP contribution is -2.31. The zero-order valence-electron chi connectivity index (χ0n) is 16.5. The van der Waals surface area contributed by atoms with Gasteiger partial charge in [-0.2, -0.15) is 4.31 Å². The second-order valence-electron chi connectivity index (χ2n) is 6.21. The molecule has 152 valence electrons. The van der Waals surface area contributed by atoms with Gasteiger partial charge >= 0.3 is 0 Å². The Morgan fingerprint density at radius 2 is 1.75 bits per heavy atom. The van der Waals surface area contributed by atoms with Gasteiger partial charge in [-0.15, -0.1) is 0 Å². The van der Waals surface area contributed by atoms with Crippen molar-refractivity contribution >= 4 is 27.5 Å². The molecule has 0 aliphatic carbocycles. The van der Waals surface area contributed by atoms with Crippen LogP contribution >= 0.6 is 11.6 Å². The van der Waals surface area contributed by atoms with Gasteiger partial charge in [0.05, 0.1) is 7.11 Å². The van der Waals surface area contributed by atoms with Gasteiger partial charge in [0.15, 0.2) is 0 Å². The highest BCUT2D eigenvalue weighted by Crippen LogP contribution is 2.28. The van der Waals surface area contributed by atoms with Gasteiger partial charge in [-0.25, -0.2) is 8.42 Å². The molecular formula is C20H25ClN2O4S. The molecule has 0 atom stereocenters. The molecule has 1 amide bonds. The highest BCUT2D eigenvalue weighted by atomic mass is 35.5. The summed E-state index contributed by atoms with van der Waals surface area (Å²) >= 11 is 6.17. The van der Waals surface area contributed by atoms with E-state index in [1.165, 1.54) is 28.4 Å². The number of halogens is 1. The van der Waals surface area contributed by atoms with Crippen LogP contribution in [0.25, 0.3) is 0 Å². The molecule has 28 heavy (non-hydrogen) atoms. The van der Waals surface area contributed by atoms with E-state index < -0.39 is 10.0 Å². The maximum atomic E-state index is 13.0. The Morgan fingerprint density at radius 1 is 1.11 bits per heavy atom. The fourth-order valence-corrected chi connectivity index (χ4v) is 4.72. The number of amides is 1. The molecule has 0 unspecified atom stereocenters. The van der Waals surface area contributed by atoms with E-state index in [1.807, 2.05) is 18.2 Å². The number of sulfonamides is 1. The lowest BCUT2D eigenvalue weighted by atomic mass is 10.1. The van der Waals surface area contributed by atoms with Crippen LogP contribution in [-0.4, -0.2) is 50.8 Å². The van der Waals surface area contributed by atoms with E-state index in [0.29, 0.717) is 24.7 Å². The van der Waals surface area contributed by atoms with Gasteiger partial charge in [0, 0.05) is 37.3 Å². The number of carbonyl (C=O) groups excluding carboxylic acids is 1. The Hall–Kier alpha value is -2.09. The quantitative estimate of drug-likeness (QED) is 0.648. The maximum Gasteiger partial charge on any atom is 0.253 e. The molecular weight excluding hydrogens is 400 g/mol. The summed E-state index contributed by atoms with van der Waals surface area (Å²) in [5, 5.41) is 0.571. The number of hydrogen-bond donors (Lipinski definition) is 0. The van der Waals surface area contributed by atoms with Gasteiger partial charge in [-0.05, 0) is 29.8 Å². The van der Waals surface area contributed by atoms with Crippen molar-refractivity contribution < 1.29 is 17.9 Å². The van der Waals surface area contributed by atoms with Crippen molar-refractivity contribution in [2.45, 2.75) is 25.3 Å². The molecule has 0 aliphatic rings. The van der Waals surface area contributed by atoms with E-state index in [0.717, 1.165) is 5.56 Å². The monoisotopic (exact) mass is 424 g/mol. The van der Waals surface area contributed by atoms with Crippen molar-refractivity contribution in [3.63, 3.8) is 0 Å². The summed E-state index contributed by atoms with van der Waals surface area (Å²) < 4.78 is 32.5. The number of ether oxygens (including phenoxy) is 1. The summed E-state index contributed by atoms with van der Waals surface area (Å²) in [7, 11) is -0.723. The van der Waals surface area contributed by atoms with Crippen LogP contribution < -0.4 is 4.74 Å².